The molecule has 2 nitrogen and oxygen atoms in total. The van der Waals surface area contributed by atoms with Crippen LogP contribution in [-0.4, -0.2) is 7.11 Å². The standard InChI is InChI=1S/C10H9F2NO/c1-6(5-13)8-3-7(11)4-9(12)10(8)14-2/h3-4,6H,1-2H3. The Kier molecular flexibility index (Phi) is 3.03. The van der Waals surface area contributed by atoms with E-state index < -0.39 is 17.6 Å². The molecular weight excluding hydrogens is 188 g/mol. The molecule has 1 unspecified atom stereocenters. The van der Waals surface area contributed by atoms with Gasteiger partial charge in [0.05, 0.1) is 19.1 Å². The fourth-order valence-electron chi connectivity index (χ4n) is 1.19. The van der Waals surface area contributed by atoms with Gasteiger partial charge in [-0.05, 0) is 13.0 Å². The van der Waals surface area contributed by atoms with Crippen molar-refractivity contribution in [3.63, 3.8) is 0 Å². The molecule has 0 saturated heterocycles. The maximum absolute atomic E-state index is 13.1. The van der Waals surface area contributed by atoms with Gasteiger partial charge in [0.15, 0.2) is 11.6 Å². The Morgan fingerprint density at radius 2 is 2.07 bits per heavy atom. The minimum Gasteiger partial charge on any atom is -0.493 e. The Balaban J connectivity index is 3.33. The summed E-state index contributed by atoms with van der Waals surface area (Å²) in [6, 6.07) is 3.73. The molecule has 14 heavy (non-hydrogen) atoms. The van der Waals surface area contributed by atoms with Crippen molar-refractivity contribution in [3.05, 3.63) is 29.3 Å². The first-order valence-electron chi connectivity index (χ1n) is 4.02. The average Bonchev–Trinajstić information content (AvgIpc) is 2.15. The topological polar surface area (TPSA) is 33.0 Å². The molecule has 0 aromatic heterocycles. The Morgan fingerprint density at radius 3 is 2.57 bits per heavy atom. The molecule has 0 saturated carbocycles. The fourth-order valence-corrected chi connectivity index (χ4v) is 1.19. The first-order chi connectivity index (χ1) is 6.60. The third kappa shape index (κ3) is 1.82. The van der Waals surface area contributed by atoms with Crippen molar-refractivity contribution >= 4 is 0 Å². The van der Waals surface area contributed by atoms with E-state index in [9.17, 15) is 8.78 Å². The van der Waals surface area contributed by atoms with Gasteiger partial charge in [-0.1, -0.05) is 0 Å². The summed E-state index contributed by atoms with van der Waals surface area (Å²) in [5.41, 5.74) is 0.229. The fraction of sp³-hybridized carbons (Fsp3) is 0.300. The van der Waals surface area contributed by atoms with Crippen molar-refractivity contribution in [1.29, 1.82) is 5.26 Å². The van der Waals surface area contributed by atoms with Crippen LogP contribution in [-0.2, 0) is 0 Å². The van der Waals surface area contributed by atoms with Gasteiger partial charge in [0, 0.05) is 11.6 Å². The van der Waals surface area contributed by atoms with Crippen molar-refractivity contribution in [2.75, 3.05) is 7.11 Å². The van der Waals surface area contributed by atoms with Crippen LogP contribution in [0.15, 0.2) is 12.1 Å². The lowest BCUT2D eigenvalue weighted by Crippen LogP contribution is -1.99. The maximum atomic E-state index is 13.1. The number of nitrogens with zero attached hydrogens (tertiary/aromatic N) is 1. The van der Waals surface area contributed by atoms with Crippen molar-refractivity contribution in [2.45, 2.75) is 12.8 Å². The maximum Gasteiger partial charge on any atom is 0.168 e. The first kappa shape index (κ1) is 10.5. The number of methoxy groups -OCH3 is 1. The van der Waals surface area contributed by atoms with Crippen LogP contribution in [0.25, 0.3) is 0 Å². The largest absolute Gasteiger partial charge is 0.493 e. The molecule has 0 radical (unpaired) electrons. The molecule has 0 amide bonds. The van der Waals surface area contributed by atoms with Gasteiger partial charge in [0.25, 0.3) is 0 Å². The monoisotopic (exact) mass is 197 g/mol. The highest BCUT2D eigenvalue weighted by Gasteiger charge is 2.16. The molecule has 74 valence electrons. The minimum absolute atomic E-state index is 0.0690. The molecule has 0 aliphatic rings. The number of halogens is 2. The van der Waals surface area contributed by atoms with Gasteiger partial charge in [0.1, 0.15) is 5.82 Å². The van der Waals surface area contributed by atoms with Crippen molar-refractivity contribution < 1.29 is 13.5 Å². The van der Waals surface area contributed by atoms with Crippen molar-refractivity contribution in [2.24, 2.45) is 0 Å². The van der Waals surface area contributed by atoms with E-state index in [0.717, 1.165) is 12.1 Å². The van der Waals surface area contributed by atoms with E-state index in [1.165, 1.54) is 7.11 Å². The number of ether oxygens (including phenoxy) is 1. The highest BCUT2D eigenvalue weighted by molar-refractivity contribution is 5.40. The SMILES string of the molecule is COc1c(F)cc(F)cc1C(C)C#N. The van der Waals surface area contributed by atoms with Crippen LogP contribution in [0.3, 0.4) is 0 Å². The summed E-state index contributed by atoms with van der Waals surface area (Å²) in [6.45, 7) is 1.55. The number of benzene rings is 1. The Bertz CT molecular complexity index is 384. The average molecular weight is 197 g/mol. The van der Waals surface area contributed by atoms with E-state index in [2.05, 4.69) is 0 Å². The van der Waals surface area contributed by atoms with Gasteiger partial charge in [-0.25, -0.2) is 8.78 Å². The minimum atomic E-state index is -0.787. The molecule has 1 aromatic rings. The predicted octanol–water partition coefficient (Wildman–Crippen LogP) is 2.60. The van der Waals surface area contributed by atoms with Gasteiger partial charge in [-0.15, -0.1) is 0 Å². The summed E-state index contributed by atoms with van der Waals surface area (Å²) in [5, 5.41) is 8.64. The lowest BCUT2D eigenvalue weighted by molar-refractivity contribution is 0.378. The van der Waals surface area contributed by atoms with E-state index in [1.54, 1.807) is 6.92 Å². The molecule has 0 bridgehead atoms. The number of nitriles is 1. The Hall–Kier alpha value is -1.63. The molecule has 1 rings (SSSR count). The summed E-state index contributed by atoms with van der Waals surface area (Å²) in [6.07, 6.45) is 0. The molecule has 0 fully saturated rings. The van der Waals surface area contributed by atoms with E-state index in [4.69, 9.17) is 10.00 Å². The van der Waals surface area contributed by atoms with E-state index >= 15 is 0 Å². The highest BCUT2D eigenvalue weighted by Crippen LogP contribution is 2.29. The summed E-state index contributed by atoms with van der Waals surface area (Å²) in [4.78, 5) is 0. The number of hydrogen-bond acceptors (Lipinski definition) is 2. The summed E-state index contributed by atoms with van der Waals surface area (Å²) < 4.78 is 30.7. The molecule has 0 aliphatic heterocycles. The normalized spacial score (nSPS) is 11.9. The van der Waals surface area contributed by atoms with Crippen molar-refractivity contribution in [1.82, 2.24) is 0 Å². The van der Waals surface area contributed by atoms with Gasteiger partial charge in [-0.2, -0.15) is 5.26 Å². The number of rotatable bonds is 2. The van der Waals surface area contributed by atoms with E-state index in [1.807, 2.05) is 6.07 Å². The predicted molar refractivity (Wildman–Crippen MR) is 46.9 cm³/mol. The molecule has 0 aliphatic carbocycles. The summed E-state index contributed by atoms with van der Waals surface area (Å²) in [5.74, 6) is -2.17. The summed E-state index contributed by atoms with van der Waals surface area (Å²) >= 11 is 0. The molecule has 0 spiro atoms. The lowest BCUT2D eigenvalue weighted by Gasteiger charge is -2.10. The van der Waals surface area contributed by atoms with Gasteiger partial charge < -0.3 is 4.74 Å². The second kappa shape index (κ2) is 4.05. The van der Waals surface area contributed by atoms with Gasteiger partial charge in [-0.3, -0.25) is 0 Å². The van der Waals surface area contributed by atoms with Crippen LogP contribution in [0.4, 0.5) is 8.78 Å². The Labute approximate surface area is 80.7 Å². The first-order valence-corrected chi connectivity index (χ1v) is 4.02. The summed E-state index contributed by atoms with van der Waals surface area (Å²) in [7, 11) is 1.28. The quantitative estimate of drug-likeness (QED) is 0.730. The molecule has 0 heterocycles. The van der Waals surface area contributed by atoms with Crippen LogP contribution >= 0.6 is 0 Å². The van der Waals surface area contributed by atoms with Gasteiger partial charge >= 0.3 is 0 Å². The third-order valence-corrected chi connectivity index (χ3v) is 1.90. The molecular formula is C10H9F2NO. The highest BCUT2D eigenvalue weighted by atomic mass is 19.1. The van der Waals surface area contributed by atoms with Crippen LogP contribution in [0.2, 0.25) is 0 Å². The van der Waals surface area contributed by atoms with Crippen molar-refractivity contribution in [3.8, 4) is 11.8 Å². The van der Waals surface area contributed by atoms with Crippen LogP contribution in [0.5, 0.6) is 5.75 Å². The molecule has 0 N–H and O–H groups in total. The van der Waals surface area contributed by atoms with E-state index in [0.29, 0.717) is 0 Å². The number of hydrogen-bond donors (Lipinski definition) is 0. The molecule has 4 heteroatoms. The molecule has 1 atom stereocenters. The third-order valence-electron chi connectivity index (χ3n) is 1.90. The van der Waals surface area contributed by atoms with Crippen LogP contribution in [0, 0.1) is 23.0 Å². The second-order valence-corrected chi connectivity index (χ2v) is 2.86. The smallest absolute Gasteiger partial charge is 0.168 e. The van der Waals surface area contributed by atoms with Gasteiger partial charge in [0.2, 0.25) is 0 Å². The zero-order valence-corrected chi connectivity index (χ0v) is 7.84. The van der Waals surface area contributed by atoms with Crippen LogP contribution < -0.4 is 4.74 Å². The second-order valence-electron chi connectivity index (χ2n) is 2.86. The zero-order chi connectivity index (χ0) is 10.7. The van der Waals surface area contributed by atoms with E-state index in [-0.39, 0.29) is 11.3 Å². The molecule has 1 aromatic carbocycles. The Morgan fingerprint density at radius 1 is 1.43 bits per heavy atom. The lowest BCUT2D eigenvalue weighted by atomic mass is 10.0. The van der Waals surface area contributed by atoms with Crippen LogP contribution in [0.1, 0.15) is 18.4 Å². The zero-order valence-electron chi connectivity index (χ0n) is 7.84.